The average molecular weight is 411 g/mol. The summed E-state index contributed by atoms with van der Waals surface area (Å²) in [5, 5.41) is 8.13. The maximum absolute atomic E-state index is 12.8. The molecular weight excluding hydrogens is 386 g/mol. The van der Waals surface area contributed by atoms with Crippen LogP contribution in [0.2, 0.25) is 0 Å². The molecule has 8 nitrogen and oxygen atoms in total. The van der Waals surface area contributed by atoms with Crippen molar-refractivity contribution in [3.05, 3.63) is 53.9 Å². The molecule has 0 N–H and O–H groups in total. The molecule has 1 aromatic heterocycles. The van der Waals surface area contributed by atoms with Crippen molar-refractivity contribution in [3.8, 4) is 28.7 Å². The summed E-state index contributed by atoms with van der Waals surface area (Å²) >= 11 is 0. The summed E-state index contributed by atoms with van der Waals surface area (Å²) in [6, 6.07) is 12.4. The van der Waals surface area contributed by atoms with Gasteiger partial charge in [0.25, 0.3) is 5.91 Å². The molecule has 3 rings (SSSR count). The predicted octanol–water partition coefficient (Wildman–Crippen LogP) is 3.81. The Morgan fingerprint density at radius 2 is 1.83 bits per heavy atom. The number of rotatable bonds is 8. The van der Waals surface area contributed by atoms with E-state index < -0.39 is 0 Å². The Labute approximate surface area is 175 Å². The second-order valence-corrected chi connectivity index (χ2v) is 6.93. The summed E-state index contributed by atoms with van der Waals surface area (Å²) in [5.74, 6) is 2.30. The highest BCUT2D eigenvalue weighted by Gasteiger charge is 2.17. The minimum Gasteiger partial charge on any atom is -0.493 e. The van der Waals surface area contributed by atoms with Crippen molar-refractivity contribution in [3.63, 3.8) is 0 Å². The van der Waals surface area contributed by atoms with Crippen molar-refractivity contribution in [1.29, 1.82) is 0 Å². The van der Waals surface area contributed by atoms with E-state index in [9.17, 15) is 4.79 Å². The smallest absolute Gasteiger partial charge is 0.254 e. The highest BCUT2D eigenvalue weighted by atomic mass is 16.5. The fourth-order valence-electron chi connectivity index (χ4n) is 2.87. The van der Waals surface area contributed by atoms with Crippen molar-refractivity contribution in [2.45, 2.75) is 26.5 Å². The Kier molecular flexibility index (Phi) is 6.56. The monoisotopic (exact) mass is 411 g/mol. The summed E-state index contributed by atoms with van der Waals surface area (Å²) in [6.07, 6.45) is 0.0291. The lowest BCUT2D eigenvalue weighted by Crippen LogP contribution is -2.26. The van der Waals surface area contributed by atoms with E-state index in [0.717, 1.165) is 0 Å². The van der Waals surface area contributed by atoms with E-state index in [0.29, 0.717) is 40.2 Å². The molecule has 0 atom stereocenters. The third kappa shape index (κ3) is 4.89. The average Bonchev–Trinajstić information content (AvgIpc) is 3.20. The van der Waals surface area contributed by atoms with Crippen molar-refractivity contribution in [1.82, 2.24) is 15.1 Å². The van der Waals surface area contributed by atoms with Gasteiger partial charge in [0, 0.05) is 18.2 Å². The summed E-state index contributed by atoms with van der Waals surface area (Å²) in [6.45, 7) is 4.05. The molecule has 1 amide bonds. The van der Waals surface area contributed by atoms with Crippen LogP contribution >= 0.6 is 0 Å². The molecule has 0 aliphatic heterocycles. The molecule has 8 heteroatoms. The maximum atomic E-state index is 12.8. The lowest BCUT2D eigenvalue weighted by atomic mass is 10.2. The summed E-state index contributed by atoms with van der Waals surface area (Å²) in [5.41, 5.74) is 1.22. The van der Waals surface area contributed by atoms with Crippen molar-refractivity contribution in [2.24, 2.45) is 0 Å². The lowest BCUT2D eigenvalue weighted by Gasteiger charge is -2.16. The second-order valence-electron chi connectivity index (χ2n) is 6.93. The SMILES string of the molecule is COc1ccc(-c2nnc(CN(C)C(=O)c3cccc(OC(C)C)c3)o2)cc1OC. The van der Waals surface area contributed by atoms with Crippen LogP contribution in [0.1, 0.15) is 30.1 Å². The number of nitrogens with zero attached hydrogens (tertiary/aromatic N) is 3. The summed E-state index contributed by atoms with van der Waals surface area (Å²) in [4.78, 5) is 14.3. The molecule has 0 aliphatic rings. The van der Waals surface area contributed by atoms with Gasteiger partial charge in [-0.15, -0.1) is 10.2 Å². The van der Waals surface area contributed by atoms with E-state index in [2.05, 4.69) is 10.2 Å². The van der Waals surface area contributed by atoms with Crippen LogP contribution in [0.15, 0.2) is 46.9 Å². The zero-order valence-electron chi connectivity index (χ0n) is 17.7. The van der Waals surface area contributed by atoms with E-state index in [4.69, 9.17) is 18.6 Å². The molecule has 158 valence electrons. The van der Waals surface area contributed by atoms with Gasteiger partial charge in [-0.05, 0) is 50.2 Å². The van der Waals surface area contributed by atoms with Crippen molar-refractivity contribution in [2.75, 3.05) is 21.3 Å². The Bertz CT molecular complexity index is 1020. The molecule has 0 fully saturated rings. The van der Waals surface area contributed by atoms with Gasteiger partial charge >= 0.3 is 0 Å². The van der Waals surface area contributed by atoms with Crippen LogP contribution in [0.4, 0.5) is 0 Å². The van der Waals surface area contributed by atoms with E-state index in [-0.39, 0.29) is 18.6 Å². The molecule has 0 bridgehead atoms. The topological polar surface area (TPSA) is 86.9 Å². The van der Waals surface area contributed by atoms with E-state index in [1.54, 1.807) is 57.7 Å². The predicted molar refractivity (Wildman–Crippen MR) is 111 cm³/mol. The van der Waals surface area contributed by atoms with Crippen LogP contribution in [-0.4, -0.2) is 48.4 Å². The van der Waals surface area contributed by atoms with Crippen molar-refractivity contribution >= 4 is 5.91 Å². The Balaban J connectivity index is 1.72. The van der Waals surface area contributed by atoms with Gasteiger partial charge in [0.15, 0.2) is 11.5 Å². The highest BCUT2D eigenvalue weighted by Crippen LogP contribution is 2.31. The largest absolute Gasteiger partial charge is 0.493 e. The summed E-state index contributed by atoms with van der Waals surface area (Å²) in [7, 11) is 4.81. The van der Waals surface area contributed by atoms with Gasteiger partial charge in [-0.25, -0.2) is 0 Å². The van der Waals surface area contributed by atoms with Gasteiger partial charge in [-0.3, -0.25) is 4.79 Å². The first-order valence-corrected chi connectivity index (χ1v) is 9.48. The fraction of sp³-hybridized carbons (Fsp3) is 0.318. The van der Waals surface area contributed by atoms with Crippen LogP contribution in [0.5, 0.6) is 17.2 Å². The van der Waals surface area contributed by atoms with E-state index in [1.807, 2.05) is 19.9 Å². The normalized spacial score (nSPS) is 10.7. The Morgan fingerprint density at radius 3 is 2.53 bits per heavy atom. The standard InChI is InChI=1S/C22H25N3O5/c1-14(2)29-17-8-6-7-16(11-17)22(26)25(3)13-20-23-24-21(30-20)15-9-10-18(27-4)19(12-15)28-5/h6-12,14H,13H2,1-5H3. The van der Waals surface area contributed by atoms with Gasteiger partial charge < -0.3 is 23.5 Å². The number of carbonyl (C=O) groups excluding carboxylic acids is 1. The van der Waals surface area contributed by atoms with Crippen LogP contribution in [0.3, 0.4) is 0 Å². The Morgan fingerprint density at radius 1 is 1.07 bits per heavy atom. The van der Waals surface area contributed by atoms with Gasteiger partial charge in [0.05, 0.1) is 26.9 Å². The highest BCUT2D eigenvalue weighted by molar-refractivity contribution is 5.94. The Hall–Kier alpha value is -3.55. The van der Waals surface area contributed by atoms with Crippen LogP contribution in [-0.2, 0) is 6.54 Å². The number of methoxy groups -OCH3 is 2. The molecule has 2 aromatic carbocycles. The number of ether oxygens (including phenoxy) is 3. The molecule has 0 aliphatic carbocycles. The second kappa shape index (κ2) is 9.30. The lowest BCUT2D eigenvalue weighted by molar-refractivity contribution is 0.0772. The molecule has 0 saturated carbocycles. The van der Waals surface area contributed by atoms with Crippen LogP contribution in [0, 0.1) is 0 Å². The number of carbonyl (C=O) groups is 1. The zero-order chi connectivity index (χ0) is 21.7. The molecule has 0 unspecified atom stereocenters. The van der Waals surface area contributed by atoms with E-state index >= 15 is 0 Å². The minimum atomic E-state index is -0.171. The number of hydrogen-bond donors (Lipinski definition) is 0. The number of aromatic nitrogens is 2. The quantitative estimate of drug-likeness (QED) is 0.557. The van der Waals surface area contributed by atoms with Crippen LogP contribution < -0.4 is 14.2 Å². The zero-order valence-corrected chi connectivity index (χ0v) is 17.7. The number of amides is 1. The first-order valence-electron chi connectivity index (χ1n) is 9.48. The summed E-state index contributed by atoms with van der Waals surface area (Å²) < 4.78 is 21.9. The molecular formula is C22H25N3O5. The fourth-order valence-corrected chi connectivity index (χ4v) is 2.87. The third-order valence-corrected chi connectivity index (χ3v) is 4.27. The molecule has 1 heterocycles. The van der Waals surface area contributed by atoms with Gasteiger partial charge in [-0.2, -0.15) is 0 Å². The van der Waals surface area contributed by atoms with Gasteiger partial charge in [-0.1, -0.05) is 6.07 Å². The molecule has 0 saturated heterocycles. The number of benzene rings is 2. The van der Waals surface area contributed by atoms with Gasteiger partial charge in [0.2, 0.25) is 11.8 Å². The minimum absolute atomic E-state index is 0.0291. The van der Waals surface area contributed by atoms with E-state index in [1.165, 1.54) is 4.90 Å². The van der Waals surface area contributed by atoms with Gasteiger partial charge in [0.1, 0.15) is 5.75 Å². The molecule has 3 aromatic rings. The maximum Gasteiger partial charge on any atom is 0.254 e. The molecule has 30 heavy (non-hydrogen) atoms. The first kappa shape index (κ1) is 21.2. The molecule has 0 spiro atoms. The van der Waals surface area contributed by atoms with Crippen molar-refractivity contribution < 1.29 is 23.4 Å². The van der Waals surface area contributed by atoms with Crippen LogP contribution in [0.25, 0.3) is 11.5 Å². The first-order chi connectivity index (χ1) is 14.4. The number of hydrogen-bond acceptors (Lipinski definition) is 7. The molecule has 0 radical (unpaired) electrons. The third-order valence-electron chi connectivity index (χ3n) is 4.27.